The molecule has 0 bridgehead atoms. The predicted octanol–water partition coefficient (Wildman–Crippen LogP) is 3.81. The first kappa shape index (κ1) is 13.4. The first-order chi connectivity index (χ1) is 10.3. The molecular formula is C17H14N2OS. The van der Waals surface area contributed by atoms with Crippen LogP contribution in [0, 0.1) is 0 Å². The SMILES string of the molecule is C=C(NNC(=O)c1cccs1)c1cccc2ccccc12. The van der Waals surface area contributed by atoms with Crippen molar-refractivity contribution in [1.82, 2.24) is 10.9 Å². The Morgan fingerprint density at radius 2 is 1.76 bits per heavy atom. The van der Waals surface area contributed by atoms with Crippen molar-refractivity contribution < 1.29 is 4.79 Å². The summed E-state index contributed by atoms with van der Waals surface area (Å²) in [6.07, 6.45) is 0. The third-order valence-corrected chi connectivity index (χ3v) is 4.06. The van der Waals surface area contributed by atoms with E-state index in [1.54, 1.807) is 6.07 Å². The summed E-state index contributed by atoms with van der Waals surface area (Å²) in [6, 6.07) is 17.7. The maximum absolute atomic E-state index is 11.9. The molecule has 0 spiro atoms. The minimum atomic E-state index is -0.161. The molecule has 21 heavy (non-hydrogen) atoms. The molecule has 0 radical (unpaired) electrons. The van der Waals surface area contributed by atoms with Gasteiger partial charge in [0.05, 0.1) is 10.6 Å². The highest BCUT2D eigenvalue weighted by Gasteiger charge is 2.08. The van der Waals surface area contributed by atoms with E-state index >= 15 is 0 Å². The fourth-order valence-electron chi connectivity index (χ4n) is 2.16. The Morgan fingerprint density at radius 1 is 0.952 bits per heavy atom. The van der Waals surface area contributed by atoms with Gasteiger partial charge in [-0.2, -0.15) is 0 Å². The molecule has 0 atom stereocenters. The van der Waals surface area contributed by atoms with Gasteiger partial charge in [0.25, 0.3) is 5.91 Å². The van der Waals surface area contributed by atoms with Gasteiger partial charge in [0.15, 0.2) is 0 Å². The molecule has 1 amide bonds. The Labute approximate surface area is 126 Å². The lowest BCUT2D eigenvalue weighted by atomic mass is 10.0. The number of fused-ring (bicyclic) bond motifs is 1. The monoisotopic (exact) mass is 294 g/mol. The number of hydrazine groups is 1. The fourth-order valence-corrected chi connectivity index (χ4v) is 2.78. The van der Waals surface area contributed by atoms with Crippen LogP contribution in [0.2, 0.25) is 0 Å². The van der Waals surface area contributed by atoms with Gasteiger partial charge in [0.2, 0.25) is 0 Å². The van der Waals surface area contributed by atoms with Gasteiger partial charge in [0, 0.05) is 5.56 Å². The highest BCUT2D eigenvalue weighted by Crippen LogP contribution is 2.22. The van der Waals surface area contributed by atoms with Crippen molar-refractivity contribution in [1.29, 1.82) is 0 Å². The third kappa shape index (κ3) is 2.80. The third-order valence-electron chi connectivity index (χ3n) is 3.19. The fraction of sp³-hybridized carbons (Fsp3) is 0. The number of amides is 1. The largest absolute Gasteiger partial charge is 0.298 e. The van der Waals surface area contributed by atoms with E-state index in [9.17, 15) is 4.79 Å². The molecule has 0 saturated heterocycles. The van der Waals surface area contributed by atoms with Gasteiger partial charge in [-0.25, -0.2) is 0 Å². The number of rotatable bonds is 4. The van der Waals surface area contributed by atoms with Crippen LogP contribution in [0.4, 0.5) is 0 Å². The molecule has 1 aromatic heterocycles. The first-order valence-corrected chi connectivity index (χ1v) is 7.40. The summed E-state index contributed by atoms with van der Waals surface area (Å²) in [4.78, 5) is 12.6. The second kappa shape index (κ2) is 5.81. The van der Waals surface area contributed by atoms with E-state index in [1.165, 1.54) is 11.3 Å². The zero-order valence-corrected chi connectivity index (χ0v) is 12.1. The van der Waals surface area contributed by atoms with E-state index < -0.39 is 0 Å². The van der Waals surface area contributed by atoms with Crippen LogP contribution in [-0.4, -0.2) is 5.91 Å². The summed E-state index contributed by atoms with van der Waals surface area (Å²) in [7, 11) is 0. The van der Waals surface area contributed by atoms with Crippen LogP contribution in [0.5, 0.6) is 0 Å². The molecule has 3 rings (SSSR count). The lowest BCUT2D eigenvalue weighted by Crippen LogP contribution is -2.35. The van der Waals surface area contributed by atoms with Crippen LogP contribution in [0.3, 0.4) is 0 Å². The molecular weight excluding hydrogens is 280 g/mol. The summed E-state index contributed by atoms with van der Waals surface area (Å²) in [5, 5.41) is 4.11. The number of carbonyl (C=O) groups is 1. The molecule has 2 aromatic carbocycles. The van der Waals surface area contributed by atoms with E-state index in [1.807, 2.05) is 41.8 Å². The van der Waals surface area contributed by atoms with Gasteiger partial charge < -0.3 is 0 Å². The lowest BCUT2D eigenvalue weighted by Gasteiger charge is -2.12. The van der Waals surface area contributed by atoms with Gasteiger partial charge >= 0.3 is 0 Å². The van der Waals surface area contributed by atoms with Gasteiger partial charge in [-0.3, -0.25) is 15.6 Å². The summed E-state index contributed by atoms with van der Waals surface area (Å²) in [5.41, 5.74) is 7.20. The molecule has 0 aliphatic heterocycles. The summed E-state index contributed by atoms with van der Waals surface area (Å²) >= 11 is 1.40. The number of benzene rings is 2. The minimum Gasteiger partial charge on any atom is -0.298 e. The topological polar surface area (TPSA) is 41.1 Å². The molecule has 0 fully saturated rings. The van der Waals surface area contributed by atoms with Crippen LogP contribution in [0.15, 0.2) is 66.6 Å². The first-order valence-electron chi connectivity index (χ1n) is 6.52. The van der Waals surface area contributed by atoms with Gasteiger partial charge in [0.1, 0.15) is 0 Å². The van der Waals surface area contributed by atoms with Crippen LogP contribution >= 0.6 is 11.3 Å². The molecule has 0 aliphatic rings. The number of carbonyl (C=O) groups excluding carboxylic acids is 1. The zero-order valence-electron chi connectivity index (χ0n) is 11.3. The molecule has 0 saturated carbocycles. The number of thiophene rings is 1. The Hall–Kier alpha value is -2.59. The second-order valence-electron chi connectivity index (χ2n) is 4.56. The van der Waals surface area contributed by atoms with Crippen molar-refractivity contribution in [2.24, 2.45) is 0 Å². The van der Waals surface area contributed by atoms with Crippen LogP contribution in [-0.2, 0) is 0 Å². The average Bonchev–Trinajstić information content (AvgIpc) is 3.06. The van der Waals surface area contributed by atoms with Crippen LogP contribution in [0.1, 0.15) is 15.2 Å². The molecule has 1 heterocycles. The highest BCUT2D eigenvalue weighted by molar-refractivity contribution is 7.12. The Bertz CT molecular complexity index is 788. The predicted molar refractivity (Wildman–Crippen MR) is 87.9 cm³/mol. The molecule has 104 valence electrons. The van der Waals surface area contributed by atoms with E-state index in [0.717, 1.165) is 16.3 Å². The van der Waals surface area contributed by atoms with Crippen molar-refractivity contribution in [2.45, 2.75) is 0 Å². The van der Waals surface area contributed by atoms with Crippen molar-refractivity contribution in [3.63, 3.8) is 0 Å². The molecule has 0 aliphatic carbocycles. The van der Waals surface area contributed by atoms with Crippen molar-refractivity contribution in [2.75, 3.05) is 0 Å². The normalized spacial score (nSPS) is 10.3. The van der Waals surface area contributed by atoms with E-state index in [2.05, 4.69) is 29.6 Å². The lowest BCUT2D eigenvalue weighted by molar-refractivity contribution is 0.0946. The standard InChI is InChI=1S/C17H14N2OS/c1-12(18-19-17(20)16-10-5-11-21-16)14-9-4-7-13-6-2-3-8-15(13)14/h2-11,18H,1H2,(H,19,20). The van der Waals surface area contributed by atoms with E-state index in [4.69, 9.17) is 0 Å². The van der Waals surface area contributed by atoms with Gasteiger partial charge in [-0.15, -0.1) is 11.3 Å². The number of hydrogen-bond donors (Lipinski definition) is 2. The Balaban J connectivity index is 1.77. The summed E-state index contributed by atoms with van der Waals surface area (Å²) in [5.74, 6) is -0.161. The molecule has 2 N–H and O–H groups in total. The molecule has 3 aromatic rings. The van der Waals surface area contributed by atoms with Crippen molar-refractivity contribution in [3.05, 3.63) is 77.0 Å². The zero-order chi connectivity index (χ0) is 14.7. The van der Waals surface area contributed by atoms with Gasteiger partial charge in [-0.1, -0.05) is 55.1 Å². The maximum atomic E-state index is 11.9. The van der Waals surface area contributed by atoms with Crippen molar-refractivity contribution >= 4 is 33.7 Å². The maximum Gasteiger partial charge on any atom is 0.279 e. The minimum absolute atomic E-state index is 0.161. The van der Waals surface area contributed by atoms with Crippen molar-refractivity contribution in [3.8, 4) is 0 Å². The van der Waals surface area contributed by atoms with E-state index in [0.29, 0.717) is 10.6 Å². The van der Waals surface area contributed by atoms with Gasteiger partial charge in [-0.05, 0) is 22.2 Å². The van der Waals surface area contributed by atoms with Crippen LogP contribution in [0.25, 0.3) is 16.5 Å². The Morgan fingerprint density at radius 3 is 2.57 bits per heavy atom. The smallest absolute Gasteiger partial charge is 0.279 e. The Kier molecular flexibility index (Phi) is 3.71. The number of nitrogens with one attached hydrogen (secondary N) is 2. The summed E-state index contributed by atoms with van der Waals surface area (Å²) in [6.45, 7) is 4.01. The average molecular weight is 294 g/mol. The quantitative estimate of drug-likeness (QED) is 0.718. The molecule has 0 unspecified atom stereocenters. The number of hydrogen-bond acceptors (Lipinski definition) is 3. The second-order valence-corrected chi connectivity index (χ2v) is 5.51. The molecule has 3 nitrogen and oxygen atoms in total. The molecule has 4 heteroatoms. The summed E-state index contributed by atoms with van der Waals surface area (Å²) < 4.78 is 0. The highest BCUT2D eigenvalue weighted by atomic mass is 32.1. The van der Waals surface area contributed by atoms with E-state index in [-0.39, 0.29) is 5.91 Å². The van der Waals surface area contributed by atoms with Crippen LogP contribution < -0.4 is 10.9 Å².